The summed E-state index contributed by atoms with van der Waals surface area (Å²) < 4.78 is 5.56. The van der Waals surface area contributed by atoms with Crippen molar-refractivity contribution in [3.05, 3.63) is 33.4 Å². The maximum atomic E-state index is 12.1. The minimum absolute atomic E-state index is 0.188. The van der Waals surface area contributed by atoms with Gasteiger partial charge in [0.2, 0.25) is 0 Å². The van der Waals surface area contributed by atoms with Crippen molar-refractivity contribution in [2.24, 2.45) is 0 Å². The van der Waals surface area contributed by atoms with E-state index in [1.54, 1.807) is 6.26 Å². The molecule has 15 heavy (non-hydrogen) atoms. The summed E-state index contributed by atoms with van der Waals surface area (Å²) in [5.74, 6) is 0.927. The molecular formula is C12H15NO2. The first-order valence-corrected chi connectivity index (χ1v) is 5.51. The Hall–Kier alpha value is -1.09. The third-order valence-corrected chi connectivity index (χ3v) is 3.88. The van der Waals surface area contributed by atoms with Gasteiger partial charge >= 0.3 is 0 Å². The largest absolute Gasteiger partial charge is 0.468 e. The Kier molecular flexibility index (Phi) is 1.80. The van der Waals surface area contributed by atoms with Gasteiger partial charge in [-0.3, -0.25) is 9.69 Å². The van der Waals surface area contributed by atoms with Gasteiger partial charge in [-0.15, -0.1) is 0 Å². The minimum atomic E-state index is 0.188. The van der Waals surface area contributed by atoms with Crippen LogP contribution in [0.25, 0.3) is 0 Å². The van der Waals surface area contributed by atoms with Crippen LogP contribution in [-0.4, -0.2) is 18.0 Å². The van der Waals surface area contributed by atoms with Gasteiger partial charge in [0.1, 0.15) is 5.76 Å². The lowest BCUT2D eigenvalue weighted by Gasteiger charge is -2.31. The first kappa shape index (κ1) is 9.16. The summed E-state index contributed by atoms with van der Waals surface area (Å²) in [6.45, 7) is 1.83. The molecular weight excluding hydrogens is 190 g/mol. The van der Waals surface area contributed by atoms with Gasteiger partial charge in [0.25, 0.3) is 0 Å². The highest BCUT2D eigenvalue weighted by Gasteiger charge is 2.40. The second kappa shape index (κ2) is 2.95. The zero-order valence-corrected chi connectivity index (χ0v) is 9.12. The topological polar surface area (TPSA) is 33.5 Å². The predicted octanol–water partition coefficient (Wildman–Crippen LogP) is 1.64. The number of rotatable bonds is 0. The molecule has 0 aromatic carbocycles. The van der Waals surface area contributed by atoms with Crippen molar-refractivity contribution in [1.29, 1.82) is 0 Å². The van der Waals surface area contributed by atoms with Crippen molar-refractivity contribution < 1.29 is 4.42 Å². The fraction of sp³-hybridized carbons (Fsp3) is 0.583. The lowest BCUT2D eigenvalue weighted by molar-refractivity contribution is 0.204. The quantitative estimate of drug-likeness (QED) is 0.645. The fourth-order valence-electron chi connectivity index (χ4n) is 2.93. The van der Waals surface area contributed by atoms with Gasteiger partial charge < -0.3 is 4.42 Å². The van der Waals surface area contributed by atoms with Crippen molar-refractivity contribution in [3.8, 4) is 0 Å². The molecule has 2 aliphatic heterocycles. The van der Waals surface area contributed by atoms with E-state index in [9.17, 15) is 4.79 Å². The predicted molar refractivity (Wildman–Crippen MR) is 56.9 cm³/mol. The maximum absolute atomic E-state index is 12.1. The number of likely N-dealkylation sites (N-methyl/N-ethyl adjacent to an activating group) is 1. The molecule has 1 aromatic heterocycles. The van der Waals surface area contributed by atoms with Crippen LogP contribution in [0.1, 0.15) is 35.8 Å². The Balaban J connectivity index is 2.24. The molecule has 1 saturated heterocycles. The van der Waals surface area contributed by atoms with Crippen LogP contribution in [0.5, 0.6) is 0 Å². The lowest BCUT2D eigenvalue weighted by atomic mass is 9.98. The van der Waals surface area contributed by atoms with E-state index in [1.807, 2.05) is 6.92 Å². The molecule has 0 spiro atoms. The van der Waals surface area contributed by atoms with Crippen molar-refractivity contribution in [2.75, 3.05) is 7.05 Å². The van der Waals surface area contributed by atoms with Crippen LogP contribution in [0, 0.1) is 6.92 Å². The van der Waals surface area contributed by atoms with E-state index in [0.717, 1.165) is 29.7 Å². The number of fused-ring (bicyclic) bond motifs is 4. The van der Waals surface area contributed by atoms with Gasteiger partial charge in [-0.05, 0) is 26.8 Å². The Morgan fingerprint density at radius 3 is 3.07 bits per heavy atom. The fourth-order valence-corrected chi connectivity index (χ4v) is 2.93. The summed E-state index contributed by atoms with van der Waals surface area (Å²) in [6.07, 6.45) is 4.79. The average Bonchev–Trinajstić information content (AvgIpc) is 2.49. The first-order valence-electron chi connectivity index (χ1n) is 5.51. The molecule has 2 atom stereocenters. The Bertz CT molecular complexity index is 463. The number of aryl methyl sites for hydroxylation is 1. The van der Waals surface area contributed by atoms with Crippen molar-refractivity contribution >= 4 is 0 Å². The minimum Gasteiger partial charge on any atom is -0.468 e. The van der Waals surface area contributed by atoms with Crippen molar-refractivity contribution in [2.45, 2.75) is 38.3 Å². The standard InChI is InChI=1S/C12H15NO2/c1-7-6-15-10-5-8-3-4-9(13(8)2)11(10)12(7)14/h6,8-9H,3-5H2,1-2H3/t8-,9+/m1/s1. The molecule has 0 radical (unpaired) electrons. The van der Waals surface area contributed by atoms with Crippen LogP contribution >= 0.6 is 0 Å². The van der Waals surface area contributed by atoms with Crippen LogP contribution in [0.3, 0.4) is 0 Å². The van der Waals surface area contributed by atoms with Crippen LogP contribution in [0.15, 0.2) is 15.5 Å². The summed E-state index contributed by atoms with van der Waals surface area (Å²) in [6, 6.07) is 0.878. The second-order valence-electron chi connectivity index (χ2n) is 4.70. The van der Waals surface area contributed by atoms with Crippen molar-refractivity contribution in [3.63, 3.8) is 0 Å². The number of hydrogen-bond donors (Lipinski definition) is 0. The van der Waals surface area contributed by atoms with Gasteiger partial charge in [0.15, 0.2) is 5.43 Å². The summed E-state index contributed by atoms with van der Waals surface area (Å²) in [5.41, 5.74) is 1.84. The molecule has 3 heteroatoms. The molecule has 80 valence electrons. The molecule has 0 unspecified atom stereocenters. The van der Waals surface area contributed by atoms with Gasteiger partial charge in [-0.1, -0.05) is 0 Å². The monoisotopic (exact) mass is 205 g/mol. The molecule has 2 bridgehead atoms. The molecule has 0 aliphatic carbocycles. The summed E-state index contributed by atoms with van der Waals surface area (Å²) in [5, 5.41) is 0. The first-order chi connectivity index (χ1) is 7.18. The Labute approximate surface area is 88.7 Å². The molecule has 0 amide bonds. The van der Waals surface area contributed by atoms with E-state index < -0.39 is 0 Å². The average molecular weight is 205 g/mol. The molecule has 3 nitrogen and oxygen atoms in total. The van der Waals surface area contributed by atoms with E-state index in [2.05, 4.69) is 11.9 Å². The highest BCUT2D eigenvalue weighted by molar-refractivity contribution is 5.30. The van der Waals surface area contributed by atoms with E-state index in [-0.39, 0.29) is 5.43 Å². The Morgan fingerprint density at radius 1 is 1.47 bits per heavy atom. The van der Waals surface area contributed by atoms with E-state index >= 15 is 0 Å². The van der Waals surface area contributed by atoms with Crippen molar-refractivity contribution in [1.82, 2.24) is 4.90 Å². The van der Waals surface area contributed by atoms with Gasteiger partial charge in [-0.25, -0.2) is 0 Å². The molecule has 3 rings (SSSR count). The van der Waals surface area contributed by atoms with E-state index in [0.29, 0.717) is 12.1 Å². The molecule has 1 aromatic rings. The van der Waals surface area contributed by atoms with Gasteiger partial charge in [-0.2, -0.15) is 0 Å². The normalized spacial score (nSPS) is 29.2. The zero-order valence-electron chi connectivity index (χ0n) is 9.12. The highest BCUT2D eigenvalue weighted by Crippen LogP contribution is 2.40. The lowest BCUT2D eigenvalue weighted by Crippen LogP contribution is -2.37. The SMILES string of the molecule is Cc1coc2c(c1=O)[C@@H]1CC[C@H](C2)N1C. The molecule has 1 fully saturated rings. The van der Waals surface area contributed by atoms with E-state index in [1.165, 1.54) is 6.42 Å². The van der Waals surface area contributed by atoms with Crippen LogP contribution < -0.4 is 5.43 Å². The number of hydrogen-bond acceptors (Lipinski definition) is 3. The molecule has 3 heterocycles. The third-order valence-electron chi connectivity index (χ3n) is 3.88. The number of nitrogens with zero attached hydrogens (tertiary/aromatic N) is 1. The summed E-state index contributed by atoms with van der Waals surface area (Å²) in [4.78, 5) is 14.4. The van der Waals surface area contributed by atoms with Gasteiger partial charge in [0.05, 0.1) is 11.8 Å². The van der Waals surface area contributed by atoms with E-state index in [4.69, 9.17) is 4.42 Å². The van der Waals surface area contributed by atoms with Crippen LogP contribution in [0.2, 0.25) is 0 Å². The maximum Gasteiger partial charge on any atom is 0.192 e. The van der Waals surface area contributed by atoms with Crippen LogP contribution in [0.4, 0.5) is 0 Å². The van der Waals surface area contributed by atoms with Crippen LogP contribution in [-0.2, 0) is 6.42 Å². The second-order valence-corrected chi connectivity index (χ2v) is 4.70. The highest BCUT2D eigenvalue weighted by atomic mass is 16.3. The third kappa shape index (κ3) is 1.13. The van der Waals surface area contributed by atoms with Gasteiger partial charge in [0, 0.05) is 24.1 Å². The molecule has 0 N–H and O–H groups in total. The smallest absolute Gasteiger partial charge is 0.192 e. The zero-order chi connectivity index (χ0) is 10.6. The summed E-state index contributed by atoms with van der Waals surface area (Å²) >= 11 is 0. The molecule has 0 saturated carbocycles. The summed E-state index contributed by atoms with van der Waals surface area (Å²) in [7, 11) is 2.12. The Morgan fingerprint density at radius 2 is 2.27 bits per heavy atom. The molecule has 2 aliphatic rings.